The van der Waals surface area contributed by atoms with Crippen molar-refractivity contribution in [3.8, 4) is 5.75 Å². The predicted octanol–water partition coefficient (Wildman–Crippen LogP) is 2.57. The number of ether oxygens (including phenoxy) is 1. The lowest BCUT2D eigenvalue weighted by atomic mass is 10.1. The van der Waals surface area contributed by atoms with E-state index in [1.807, 2.05) is 11.8 Å². The molecule has 1 saturated heterocycles. The van der Waals surface area contributed by atoms with Gasteiger partial charge in [-0.15, -0.1) is 0 Å². The maximum absolute atomic E-state index is 12.2. The minimum absolute atomic E-state index is 0.0400. The lowest BCUT2D eigenvalue weighted by Gasteiger charge is -2.21. The molecular formula is C14H18Cl2N2O2. The molecule has 4 nitrogen and oxygen atoms in total. The van der Waals surface area contributed by atoms with Crippen LogP contribution >= 0.6 is 23.2 Å². The Bertz CT molecular complexity index is 496. The quantitative estimate of drug-likeness (QED) is 0.928. The molecule has 1 aromatic rings. The largest absolute Gasteiger partial charge is 0.482 e. The second-order valence-electron chi connectivity index (χ2n) is 5.10. The average Bonchev–Trinajstić information content (AvgIpc) is 2.81. The van der Waals surface area contributed by atoms with Crippen LogP contribution in [0.1, 0.15) is 13.3 Å². The summed E-state index contributed by atoms with van der Waals surface area (Å²) in [5.74, 6) is 0.753. The van der Waals surface area contributed by atoms with Crippen molar-refractivity contribution in [2.24, 2.45) is 11.7 Å². The fraction of sp³-hybridized carbons (Fsp3) is 0.500. The zero-order chi connectivity index (χ0) is 14.7. The van der Waals surface area contributed by atoms with E-state index < -0.39 is 0 Å². The number of halogens is 2. The standard InChI is InChI=1S/C14H18Cl2N2O2/c1-9-4-10(6-17)7-18(9)14(19)8-20-13-5-11(15)2-3-12(13)16/h2-3,5,9-10H,4,6-8,17H2,1H3. The van der Waals surface area contributed by atoms with E-state index in [2.05, 4.69) is 0 Å². The molecular weight excluding hydrogens is 299 g/mol. The van der Waals surface area contributed by atoms with Crippen molar-refractivity contribution in [1.82, 2.24) is 4.90 Å². The molecule has 1 aliphatic rings. The molecule has 2 N–H and O–H groups in total. The zero-order valence-corrected chi connectivity index (χ0v) is 12.8. The molecule has 1 fully saturated rings. The Balaban J connectivity index is 1.94. The van der Waals surface area contributed by atoms with Gasteiger partial charge in [0.1, 0.15) is 5.75 Å². The minimum Gasteiger partial charge on any atom is -0.482 e. The van der Waals surface area contributed by atoms with E-state index in [9.17, 15) is 4.79 Å². The minimum atomic E-state index is -0.0514. The second-order valence-corrected chi connectivity index (χ2v) is 5.94. The first-order valence-electron chi connectivity index (χ1n) is 6.58. The molecule has 2 atom stereocenters. The number of rotatable bonds is 4. The molecule has 20 heavy (non-hydrogen) atoms. The maximum atomic E-state index is 12.2. The van der Waals surface area contributed by atoms with Gasteiger partial charge in [-0.05, 0) is 37.9 Å². The smallest absolute Gasteiger partial charge is 0.260 e. The van der Waals surface area contributed by atoms with Crippen LogP contribution in [0.25, 0.3) is 0 Å². The molecule has 0 bridgehead atoms. The lowest BCUT2D eigenvalue weighted by Crippen LogP contribution is -2.37. The number of benzene rings is 1. The predicted molar refractivity (Wildman–Crippen MR) is 80.3 cm³/mol. The molecule has 0 aliphatic carbocycles. The fourth-order valence-corrected chi connectivity index (χ4v) is 2.81. The highest BCUT2D eigenvalue weighted by atomic mass is 35.5. The molecule has 2 rings (SSSR count). The van der Waals surface area contributed by atoms with Gasteiger partial charge in [0.15, 0.2) is 6.61 Å². The normalized spacial score (nSPS) is 22.1. The van der Waals surface area contributed by atoms with E-state index in [1.54, 1.807) is 18.2 Å². The Morgan fingerprint density at radius 2 is 2.25 bits per heavy atom. The van der Waals surface area contributed by atoms with Crippen molar-refractivity contribution in [2.75, 3.05) is 19.7 Å². The molecule has 0 radical (unpaired) electrons. The van der Waals surface area contributed by atoms with Crippen molar-refractivity contribution >= 4 is 29.1 Å². The zero-order valence-electron chi connectivity index (χ0n) is 11.3. The fourth-order valence-electron chi connectivity index (χ4n) is 2.47. The van der Waals surface area contributed by atoms with Crippen LogP contribution in [0.4, 0.5) is 0 Å². The van der Waals surface area contributed by atoms with Crippen molar-refractivity contribution in [2.45, 2.75) is 19.4 Å². The van der Waals surface area contributed by atoms with E-state index >= 15 is 0 Å². The van der Waals surface area contributed by atoms with Crippen molar-refractivity contribution in [1.29, 1.82) is 0 Å². The first-order chi connectivity index (χ1) is 9.51. The van der Waals surface area contributed by atoms with E-state index in [4.69, 9.17) is 33.7 Å². The topological polar surface area (TPSA) is 55.6 Å². The lowest BCUT2D eigenvalue weighted by molar-refractivity contribution is -0.134. The van der Waals surface area contributed by atoms with Crippen LogP contribution in [0.15, 0.2) is 18.2 Å². The van der Waals surface area contributed by atoms with Gasteiger partial charge in [0.25, 0.3) is 5.91 Å². The maximum Gasteiger partial charge on any atom is 0.260 e. The van der Waals surface area contributed by atoms with Gasteiger partial charge in [-0.1, -0.05) is 23.2 Å². The summed E-state index contributed by atoms with van der Waals surface area (Å²) in [7, 11) is 0. The monoisotopic (exact) mass is 316 g/mol. The van der Waals surface area contributed by atoms with Crippen LogP contribution in [0.2, 0.25) is 10.0 Å². The molecule has 1 aromatic carbocycles. The first-order valence-corrected chi connectivity index (χ1v) is 7.34. The molecule has 1 aliphatic heterocycles. The van der Waals surface area contributed by atoms with Crippen molar-refractivity contribution in [3.05, 3.63) is 28.2 Å². The van der Waals surface area contributed by atoms with Crippen LogP contribution < -0.4 is 10.5 Å². The average molecular weight is 317 g/mol. The Morgan fingerprint density at radius 3 is 2.90 bits per heavy atom. The van der Waals surface area contributed by atoms with E-state index in [0.29, 0.717) is 34.8 Å². The van der Waals surface area contributed by atoms with Gasteiger partial charge in [0.05, 0.1) is 5.02 Å². The Kier molecular flexibility index (Phi) is 5.13. The van der Waals surface area contributed by atoms with Crippen LogP contribution in [0, 0.1) is 5.92 Å². The van der Waals surface area contributed by atoms with Gasteiger partial charge in [0.2, 0.25) is 0 Å². The van der Waals surface area contributed by atoms with Crippen LogP contribution in [-0.4, -0.2) is 36.5 Å². The number of hydrogen-bond donors (Lipinski definition) is 1. The third kappa shape index (κ3) is 3.57. The summed E-state index contributed by atoms with van der Waals surface area (Å²) in [6, 6.07) is 5.13. The molecule has 0 saturated carbocycles. The molecule has 0 aromatic heterocycles. The highest BCUT2D eigenvalue weighted by Crippen LogP contribution is 2.28. The van der Waals surface area contributed by atoms with Crippen LogP contribution in [-0.2, 0) is 4.79 Å². The molecule has 110 valence electrons. The van der Waals surface area contributed by atoms with Crippen LogP contribution in [0.5, 0.6) is 5.75 Å². The number of hydrogen-bond acceptors (Lipinski definition) is 3. The highest BCUT2D eigenvalue weighted by Gasteiger charge is 2.31. The third-order valence-corrected chi connectivity index (χ3v) is 4.11. The van der Waals surface area contributed by atoms with E-state index in [0.717, 1.165) is 6.42 Å². The molecule has 0 spiro atoms. The van der Waals surface area contributed by atoms with Crippen molar-refractivity contribution < 1.29 is 9.53 Å². The Morgan fingerprint density at radius 1 is 1.50 bits per heavy atom. The summed E-state index contributed by atoms with van der Waals surface area (Å²) in [5, 5.41) is 0.964. The molecule has 1 amide bonds. The number of likely N-dealkylation sites (tertiary alicyclic amines) is 1. The number of nitrogens with zero attached hydrogens (tertiary/aromatic N) is 1. The molecule has 6 heteroatoms. The number of amides is 1. The van der Waals surface area contributed by atoms with E-state index in [-0.39, 0.29) is 18.6 Å². The van der Waals surface area contributed by atoms with Gasteiger partial charge in [-0.2, -0.15) is 0 Å². The van der Waals surface area contributed by atoms with Gasteiger partial charge in [0, 0.05) is 23.7 Å². The molecule has 1 heterocycles. The van der Waals surface area contributed by atoms with Gasteiger partial charge < -0.3 is 15.4 Å². The van der Waals surface area contributed by atoms with Crippen LogP contribution in [0.3, 0.4) is 0 Å². The Hall–Kier alpha value is -0.970. The molecule has 2 unspecified atom stereocenters. The number of nitrogens with two attached hydrogens (primary N) is 1. The summed E-state index contributed by atoms with van der Waals surface area (Å²) in [4.78, 5) is 14.0. The Labute approximate surface area is 128 Å². The third-order valence-electron chi connectivity index (χ3n) is 3.56. The highest BCUT2D eigenvalue weighted by molar-refractivity contribution is 6.34. The summed E-state index contributed by atoms with van der Waals surface area (Å²) in [5.41, 5.74) is 5.66. The number of carbonyl (C=O) groups excluding carboxylic acids is 1. The van der Waals surface area contributed by atoms with Gasteiger partial charge in [-0.3, -0.25) is 4.79 Å². The number of carbonyl (C=O) groups is 1. The van der Waals surface area contributed by atoms with Gasteiger partial charge in [-0.25, -0.2) is 0 Å². The van der Waals surface area contributed by atoms with Crippen molar-refractivity contribution in [3.63, 3.8) is 0 Å². The summed E-state index contributed by atoms with van der Waals surface area (Å²) in [6.07, 6.45) is 0.945. The second kappa shape index (κ2) is 6.66. The SMILES string of the molecule is CC1CC(CN)CN1C(=O)COc1cc(Cl)ccc1Cl. The summed E-state index contributed by atoms with van der Waals surface area (Å²) < 4.78 is 5.47. The summed E-state index contributed by atoms with van der Waals surface area (Å²) >= 11 is 11.9. The van der Waals surface area contributed by atoms with Gasteiger partial charge >= 0.3 is 0 Å². The summed E-state index contributed by atoms with van der Waals surface area (Å²) in [6.45, 7) is 3.29. The van der Waals surface area contributed by atoms with E-state index in [1.165, 1.54) is 0 Å². The first kappa shape index (κ1) is 15.4.